The smallest absolute Gasteiger partial charge is 0.209 e. The summed E-state index contributed by atoms with van der Waals surface area (Å²) in [5, 5.41) is 7.57. The third kappa shape index (κ3) is 6.00. The van der Waals surface area contributed by atoms with Crippen LogP contribution < -0.4 is 10.0 Å². The van der Waals surface area contributed by atoms with Crippen LogP contribution in [-0.2, 0) is 17.1 Å². The molecule has 1 unspecified atom stereocenters. The van der Waals surface area contributed by atoms with Gasteiger partial charge in [0.2, 0.25) is 10.0 Å². The zero-order valence-electron chi connectivity index (χ0n) is 15.8. The maximum absolute atomic E-state index is 11.5. The molecule has 25 heavy (non-hydrogen) atoms. The second-order valence-electron chi connectivity index (χ2n) is 7.31. The standard InChI is InChI=1S/C16H30N6O2S/c1-6-17-15(18-12-16(2,3)20-25(5,23)24)22-8-7-13(11-22)14-9-19-21(4)10-14/h9-10,13,20H,6-8,11-12H2,1-5H3,(H,17,18). The number of hydrogen-bond acceptors (Lipinski definition) is 4. The maximum Gasteiger partial charge on any atom is 0.209 e. The largest absolute Gasteiger partial charge is 0.357 e. The lowest BCUT2D eigenvalue weighted by molar-refractivity contribution is 0.449. The molecule has 0 bridgehead atoms. The third-order valence-electron chi connectivity index (χ3n) is 4.10. The fraction of sp³-hybridized carbons (Fsp3) is 0.750. The van der Waals surface area contributed by atoms with E-state index in [2.05, 4.69) is 31.2 Å². The normalized spacial score (nSPS) is 19.5. The van der Waals surface area contributed by atoms with Gasteiger partial charge in [-0.3, -0.25) is 9.67 Å². The van der Waals surface area contributed by atoms with Gasteiger partial charge in [0.1, 0.15) is 0 Å². The van der Waals surface area contributed by atoms with Gasteiger partial charge in [-0.15, -0.1) is 0 Å². The van der Waals surface area contributed by atoms with Gasteiger partial charge < -0.3 is 10.2 Å². The van der Waals surface area contributed by atoms with Crippen LogP contribution in [0.4, 0.5) is 0 Å². The van der Waals surface area contributed by atoms with Gasteiger partial charge in [0.05, 0.1) is 19.0 Å². The van der Waals surface area contributed by atoms with Gasteiger partial charge >= 0.3 is 0 Å². The van der Waals surface area contributed by atoms with Gasteiger partial charge in [0.25, 0.3) is 0 Å². The molecule has 1 aliphatic rings. The summed E-state index contributed by atoms with van der Waals surface area (Å²) in [6, 6.07) is 0. The van der Waals surface area contributed by atoms with Gasteiger partial charge in [-0.05, 0) is 32.8 Å². The van der Waals surface area contributed by atoms with E-state index in [-0.39, 0.29) is 0 Å². The molecular formula is C16H30N6O2S. The van der Waals surface area contributed by atoms with Crippen LogP contribution in [-0.4, -0.2) is 67.0 Å². The Morgan fingerprint density at radius 3 is 2.76 bits per heavy atom. The second-order valence-corrected chi connectivity index (χ2v) is 9.06. The van der Waals surface area contributed by atoms with Crippen LogP contribution in [0.5, 0.6) is 0 Å². The molecule has 142 valence electrons. The predicted molar refractivity (Wildman–Crippen MR) is 100 cm³/mol. The molecule has 0 aliphatic carbocycles. The molecule has 2 heterocycles. The number of aliphatic imine (C=N–C) groups is 1. The Morgan fingerprint density at radius 2 is 2.20 bits per heavy atom. The highest BCUT2D eigenvalue weighted by molar-refractivity contribution is 7.88. The predicted octanol–water partition coefficient (Wildman–Crippen LogP) is 0.503. The van der Waals surface area contributed by atoms with Crippen molar-refractivity contribution in [3.05, 3.63) is 18.0 Å². The van der Waals surface area contributed by atoms with Crippen molar-refractivity contribution < 1.29 is 8.42 Å². The molecule has 1 aliphatic heterocycles. The SMILES string of the molecule is CCNC(=NCC(C)(C)NS(C)(=O)=O)N1CCC(c2cnn(C)c2)C1. The van der Waals surface area contributed by atoms with Gasteiger partial charge in [-0.2, -0.15) is 5.10 Å². The lowest BCUT2D eigenvalue weighted by Crippen LogP contribution is -2.47. The van der Waals surface area contributed by atoms with Crippen molar-refractivity contribution in [1.82, 2.24) is 24.7 Å². The summed E-state index contributed by atoms with van der Waals surface area (Å²) in [5.74, 6) is 1.27. The molecule has 1 aromatic rings. The van der Waals surface area contributed by atoms with E-state index in [9.17, 15) is 8.42 Å². The van der Waals surface area contributed by atoms with Crippen molar-refractivity contribution in [2.75, 3.05) is 32.4 Å². The quantitative estimate of drug-likeness (QED) is 0.562. The van der Waals surface area contributed by atoms with E-state index in [0.29, 0.717) is 12.5 Å². The molecule has 2 N–H and O–H groups in total. The minimum Gasteiger partial charge on any atom is -0.357 e. The molecular weight excluding hydrogens is 340 g/mol. The molecule has 1 atom stereocenters. The number of likely N-dealkylation sites (tertiary alicyclic amines) is 1. The van der Waals surface area contributed by atoms with Crippen LogP contribution in [0.25, 0.3) is 0 Å². The Balaban J connectivity index is 2.05. The van der Waals surface area contributed by atoms with Gasteiger partial charge in [-0.25, -0.2) is 13.1 Å². The number of sulfonamides is 1. The van der Waals surface area contributed by atoms with Crippen LogP contribution in [0.3, 0.4) is 0 Å². The van der Waals surface area contributed by atoms with Crippen molar-refractivity contribution in [2.24, 2.45) is 12.0 Å². The second kappa shape index (κ2) is 7.74. The topological polar surface area (TPSA) is 91.6 Å². The molecule has 0 aromatic carbocycles. The van der Waals surface area contributed by atoms with Crippen LogP contribution in [0.1, 0.15) is 38.7 Å². The van der Waals surface area contributed by atoms with E-state index in [0.717, 1.165) is 32.0 Å². The molecule has 0 saturated carbocycles. The Kier molecular flexibility index (Phi) is 6.10. The van der Waals surface area contributed by atoms with E-state index in [1.807, 2.05) is 38.7 Å². The number of guanidine groups is 1. The summed E-state index contributed by atoms with van der Waals surface area (Å²) in [4.78, 5) is 6.90. The molecule has 2 rings (SSSR count). The van der Waals surface area contributed by atoms with Crippen LogP contribution in [0.2, 0.25) is 0 Å². The lowest BCUT2D eigenvalue weighted by atomic mass is 10.0. The summed E-state index contributed by atoms with van der Waals surface area (Å²) in [6.07, 6.45) is 6.22. The third-order valence-corrected chi connectivity index (χ3v) is 5.03. The van der Waals surface area contributed by atoms with Crippen molar-refractivity contribution >= 4 is 16.0 Å². The zero-order chi connectivity index (χ0) is 18.7. The molecule has 1 saturated heterocycles. The van der Waals surface area contributed by atoms with Gasteiger partial charge in [-0.1, -0.05) is 0 Å². The van der Waals surface area contributed by atoms with Crippen LogP contribution in [0.15, 0.2) is 17.4 Å². The van der Waals surface area contributed by atoms with E-state index in [1.165, 1.54) is 11.8 Å². The van der Waals surface area contributed by atoms with Crippen LogP contribution in [0, 0.1) is 0 Å². The lowest BCUT2D eigenvalue weighted by Gasteiger charge is -2.26. The summed E-state index contributed by atoms with van der Waals surface area (Å²) >= 11 is 0. The maximum atomic E-state index is 11.5. The molecule has 1 fully saturated rings. The van der Waals surface area contributed by atoms with E-state index in [4.69, 9.17) is 0 Å². The average molecular weight is 371 g/mol. The number of nitrogens with zero attached hydrogens (tertiary/aromatic N) is 4. The number of nitrogens with one attached hydrogen (secondary N) is 2. The van der Waals surface area contributed by atoms with E-state index < -0.39 is 15.6 Å². The van der Waals surface area contributed by atoms with E-state index >= 15 is 0 Å². The molecule has 0 radical (unpaired) electrons. The summed E-state index contributed by atoms with van der Waals surface area (Å²) in [5.41, 5.74) is 0.622. The molecule has 0 amide bonds. The van der Waals surface area contributed by atoms with Gasteiger partial charge in [0.15, 0.2) is 5.96 Å². The Hall–Kier alpha value is -1.61. The number of aromatic nitrogens is 2. The fourth-order valence-electron chi connectivity index (χ4n) is 3.11. The zero-order valence-corrected chi connectivity index (χ0v) is 16.6. The first-order valence-corrected chi connectivity index (χ1v) is 10.5. The number of rotatable bonds is 6. The highest BCUT2D eigenvalue weighted by Crippen LogP contribution is 2.26. The van der Waals surface area contributed by atoms with Gasteiger partial charge in [0, 0.05) is 44.3 Å². The molecule has 1 aromatic heterocycles. The fourth-order valence-corrected chi connectivity index (χ4v) is 4.18. The van der Waals surface area contributed by atoms with Crippen molar-refractivity contribution in [2.45, 2.75) is 38.6 Å². The number of aryl methyl sites for hydroxylation is 1. The van der Waals surface area contributed by atoms with Crippen molar-refractivity contribution in [3.63, 3.8) is 0 Å². The Labute approximate surface area is 150 Å². The highest BCUT2D eigenvalue weighted by Gasteiger charge is 2.28. The first-order chi connectivity index (χ1) is 11.6. The van der Waals surface area contributed by atoms with Crippen LogP contribution >= 0.6 is 0 Å². The summed E-state index contributed by atoms with van der Waals surface area (Å²) in [6.45, 7) is 8.66. The Morgan fingerprint density at radius 1 is 1.48 bits per heavy atom. The molecule has 0 spiro atoms. The highest BCUT2D eigenvalue weighted by atomic mass is 32.2. The average Bonchev–Trinajstić information content (AvgIpc) is 3.09. The molecule has 9 heteroatoms. The minimum atomic E-state index is -3.27. The Bertz CT molecular complexity index is 710. The van der Waals surface area contributed by atoms with Crippen molar-refractivity contribution in [3.8, 4) is 0 Å². The molecule has 8 nitrogen and oxygen atoms in total. The van der Waals surface area contributed by atoms with Crippen molar-refractivity contribution in [1.29, 1.82) is 0 Å². The number of hydrogen-bond donors (Lipinski definition) is 2. The first kappa shape index (κ1) is 19.7. The monoisotopic (exact) mass is 370 g/mol. The minimum absolute atomic E-state index is 0.371. The van der Waals surface area contributed by atoms with E-state index in [1.54, 1.807) is 0 Å². The summed E-state index contributed by atoms with van der Waals surface area (Å²) < 4.78 is 27.4. The summed E-state index contributed by atoms with van der Waals surface area (Å²) in [7, 11) is -1.34. The first-order valence-electron chi connectivity index (χ1n) is 8.60.